The van der Waals surface area contributed by atoms with Crippen molar-refractivity contribution in [2.45, 2.75) is 51.4 Å². The summed E-state index contributed by atoms with van der Waals surface area (Å²) < 4.78 is 38.8. The number of amides is 2. The zero-order chi connectivity index (χ0) is 17.5. The number of urea groups is 1. The van der Waals surface area contributed by atoms with Crippen molar-refractivity contribution in [3.8, 4) is 0 Å². The fourth-order valence-electron chi connectivity index (χ4n) is 2.31. The van der Waals surface area contributed by atoms with Gasteiger partial charge in [-0.3, -0.25) is 0 Å². The molecule has 2 amide bonds. The highest BCUT2D eigenvalue weighted by Gasteiger charge is 2.33. The summed E-state index contributed by atoms with van der Waals surface area (Å²) in [6.45, 7) is 3.52. The van der Waals surface area contributed by atoms with Crippen molar-refractivity contribution in [1.82, 2.24) is 10.6 Å². The first-order chi connectivity index (χ1) is 10.7. The van der Waals surface area contributed by atoms with Gasteiger partial charge in [-0.25, -0.2) is 4.79 Å². The number of aliphatic hydroxyl groups excluding tert-OH is 1. The number of carbonyl (C=O) groups excluding carboxylic acids is 1. The minimum Gasteiger partial charge on any atom is -0.396 e. The van der Waals surface area contributed by atoms with Gasteiger partial charge < -0.3 is 15.7 Å². The van der Waals surface area contributed by atoms with Crippen molar-refractivity contribution in [3.05, 3.63) is 35.4 Å². The Morgan fingerprint density at radius 2 is 1.78 bits per heavy atom. The smallest absolute Gasteiger partial charge is 0.396 e. The number of halogens is 3. The molecule has 0 bridgehead atoms. The van der Waals surface area contributed by atoms with Crippen molar-refractivity contribution in [1.29, 1.82) is 0 Å². The Labute approximate surface area is 134 Å². The van der Waals surface area contributed by atoms with Crippen molar-refractivity contribution in [3.63, 3.8) is 0 Å². The number of alkyl halides is 3. The van der Waals surface area contributed by atoms with Crippen LogP contribution in [0.15, 0.2) is 24.3 Å². The van der Waals surface area contributed by atoms with Crippen molar-refractivity contribution in [2.75, 3.05) is 6.61 Å². The predicted molar refractivity (Wildman–Crippen MR) is 82.1 cm³/mol. The normalized spacial score (nSPS) is 14.2. The Kier molecular flexibility index (Phi) is 7.35. The summed E-state index contributed by atoms with van der Waals surface area (Å²) in [6, 6.07) is 4.38. The summed E-state index contributed by atoms with van der Waals surface area (Å²) in [4.78, 5) is 11.8. The van der Waals surface area contributed by atoms with E-state index in [0.717, 1.165) is 6.07 Å². The van der Waals surface area contributed by atoms with Crippen molar-refractivity contribution < 1.29 is 23.1 Å². The summed E-state index contributed by atoms with van der Waals surface area (Å²) in [5.41, 5.74) is -0.522. The van der Waals surface area contributed by atoms with E-state index in [1.807, 2.05) is 0 Å². The lowest BCUT2D eigenvalue weighted by Gasteiger charge is -2.20. The number of hydrogen-bond donors (Lipinski definition) is 3. The molecule has 0 aliphatic carbocycles. The summed E-state index contributed by atoms with van der Waals surface area (Å²) in [7, 11) is 0. The third kappa shape index (κ3) is 6.90. The zero-order valence-electron chi connectivity index (χ0n) is 13.3. The number of rotatable bonds is 7. The van der Waals surface area contributed by atoms with E-state index >= 15 is 0 Å². The highest BCUT2D eigenvalue weighted by Crippen LogP contribution is 2.32. The Hall–Kier alpha value is -1.76. The lowest BCUT2D eigenvalue weighted by Crippen LogP contribution is -2.45. The van der Waals surface area contributed by atoms with Crippen LogP contribution in [0.25, 0.3) is 0 Å². The predicted octanol–water partition coefficient (Wildman–Crippen LogP) is 3.10. The first-order valence-electron chi connectivity index (χ1n) is 7.57. The number of benzene rings is 1. The van der Waals surface area contributed by atoms with Gasteiger partial charge in [0.1, 0.15) is 0 Å². The topological polar surface area (TPSA) is 61.4 Å². The Balaban J connectivity index is 2.57. The standard InChI is InChI=1S/C16H23F3N2O2/c1-11(6-5-9-22)20-15(23)21-12(2)10-13-7-3-4-8-14(13)16(17,18)19/h3-4,7-8,11-12,22H,5-6,9-10H2,1-2H3,(H2,20,21,23). The molecular weight excluding hydrogens is 309 g/mol. The molecule has 0 saturated carbocycles. The van der Waals surface area contributed by atoms with Crippen LogP contribution in [0.4, 0.5) is 18.0 Å². The van der Waals surface area contributed by atoms with Crippen LogP contribution in [0.1, 0.15) is 37.8 Å². The summed E-state index contributed by atoms with van der Waals surface area (Å²) >= 11 is 0. The minimum atomic E-state index is -4.41. The summed E-state index contributed by atoms with van der Waals surface area (Å²) in [5.74, 6) is 0. The van der Waals surface area contributed by atoms with Gasteiger partial charge >= 0.3 is 12.2 Å². The molecule has 0 saturated heterocycles. The molecule has 0 heterocycles. The van der Waals surface area contributed by atoms with E-state index in [9.17, 15) is 18.0 Å². The van der Waals surface area contributed by atoms with E-state index in [1.165, 1.54) is 12.1 Å². The molecule has 0 aromatic heterocycles. The molecule has 0 radical (unpaired) electrons. The molecule has 4 nitrogen and oxygen atoms in total. The quantitative estimate of drug-likeness (QED) is 0.718. The number of nitrogens with one attached hydrogen (secondary N) is 2. The molecule has 0 spiro atoms. The van der Waals surface area contributed by atoms with Crippen LogP contribution < -0.4 is 10.6 Å². The Morgan fingerprint density at radius 3 is 2.39 bits per heavy atom. The molecule has 2 unspecified atom stereocenters. The van der Waals surface area contributed by atoms with Gasteiger partial charge in [-0.15, -0.1) is 0 Å². The van der Waals surface area contributed by atoms with Crippen LogP contribution in [-0.2, 0) is 12.6 Å². The van der Waals surface area contributed by atoms with Crippen LogP contribution in [0.5, 0.6) is 0 Å². The van der Waals surface area contributed by atoms with E-state index in [4.69, 9.17) is 5.11 Å². The largest absolute Gasteiger partial charge is 0.416 e. The Bertz CT molecular complexity index is 506. The second-order valence-electron chi connectivity index (χ2n) is 5.64. The maximum absolute atomic E-state index is 12.9. The molecule has 130 valence electrons. The van der Waals surface area contributed by atoms with Crippen LogP contribution >= 0.6 is 0 Å². The van der Waals surface area contributed by atoms with E-state index in [-0.39, 0.29) is 24.6 Å². The third-order valence-corrected chi connectivity index (χ3v) is 3.40. The molecule has 1 aromatic carbocycles. The van der Waals surface area contributed by atoms with Gasteiger partial charge in [0.05, 0.1) is 5.56 Å². The molecule has 23 heavy (non-hydrogen) atoms. The Morgan fingerprint density at radius 1 is 1.17 bits per heavy atom. The van der Waals surface area contributed by atoms with E-state index in [0.29, 0.717) is 12.8 Å². The van der Waals surface area contributed by atoms with Gasteiger partial charge in [-0.05, 0) is 44.7 Å². The summed E-state index contributed by atoms with van der Waals surface area (Å²) in [6.07, 6.45) is -3.10. The number of hydrogen-bond acceptors (Lipinski definition) is 2. The lowest BCUT2D eigenvalue weighted by atomic mass is 10.0. The van der Waals surface area contributed by atoms with Crippen molar-refractivity contribution >= 4 is 6.03 Å². The molecule has 0 aliphatic rings. The van der Waals surface area contributed by atoms with Gasteiger partial charge in [-0.1, -0.05) is 18.2 Å². The SMILES string of the molecule is CC(CCCO)NC(=O)NC(C)Cc1ccccc1C(F)(F)F. The maximum atomic E-state index is 12.9. The molecule has 1 rings (SSSR count). The lowest BCUT2D eigenvalue weighted by molar-refractivity contribution is -0.138. The summed E-state index contributed by atoms with van der Waals surface area (Å²) in [5, 5.41) is 14.1. The molecule has 0 aliphatic heterocycles. The van der Waals surface area contributed by atoms with Crippen LogP contribution in [0.3, 0.4) is 0 Å². The van der Waals surface area contributed by atoms with Crippen LogP contribution in [-0.4, -0.2) is 29.8 Å². The van der Waals surface area contributed by atoms with Gasteiger partial charge in [0.15, 0.2) is 0 Å². The van der Waals surface area contributed by atoms with E-state index in [2.05, 4.69) is 10.6 Å². The molecule has 3 N–H and O–H groups in total. The van der Waals surface area contributed by atoms with Crippen LogP contribution in [0, 0.1) is 0 Å². The van der Waals surface area contributed by atoms with Crippen molar-refractivity contribution in [2.24, 2.45) is 0 Å². The van der Waals surface area contributed by atoms with Gasteiger partial charge in [0.2, 0.25) is 0 Å². The molecular formula is C16H23F3N2O2. The monoisotopic (exact) mass is 332 g/mol. The fourth-order valence-corrected chi connectivity index (χ4v) is 2.31. The number of carbonyl (C=O) groups is 1. The zero-order valence-corrected chi connectivity index (χ0v) is 13.3. The first kappa shape index (κ1) is 19.3. The third-order valence-electron chi connectivity index (χ3n) is 3.40. The molecule has 0 fully saturated rings. The molecule has 7 heteroatoms. The van der Waals surface area contributed by atoms with Gasteiger partial charge in [0, 0.05) is 18.7 Å². The first-order valence-corrected chi connectivity index (χ1v) is 7.57. The second-order valence-corrected chi connectivity index (χ2v) is 5.64. The molecule has 2 atom stereocenters. The second kappa shape index (κ2) is 8.76. The van der Waals surface area contributed by atoms with Crippen LogP contribution in [0.2, 0.25) is 0 Å². The number of aliphatic hydroxyl groups is 1. The maximum Gasteiger partial charge on any atom is 0.416 e. The highest BCUT2D eigenvalue weighted by atomic mass is 19.4. The minimum absolute atomic E-state index is 0.0538. The van der Waals surface area contributed by atoms with Gasteiger partial charge in [-0.2, -0.15) is 13.2 Å². The average molecular weight is 332 g/mol. The fraction of sp³-hybridized carbons (Fsp3) is 0.562. The molecule has 1 aromatic rings. The van der Waals surface area contributed by atoms with E-state index < -0.39 is 23.8 Å². The average Bonchev–Trinajstić information content (AvgIpc) is 2.44. The highest BCUT2D eigenvalue weighted by molar-refractivity contribution is 5.74. The van der Waals surface area contributed by atoms with E-state index in [1.54, 1.807) is 19.9 Å². The van der Waals surface area contributed by atoms with Gasteiger partial charge in [0.25, 0.3) is 0 Å².